The second kappa shape index (κ2) is 5.32. The smallest absolute Gasteiger partial charge is 0.370 e. The monoisotopic (exact) mass is 336 g/mol. The molecule has 6 heteroatoms. The zero-order valence-electron chi connectivity index (χ0n) is 10.5. The van der Waals surface area contributed by atoms with Crippen molar-refractivity contribution >= 4 is 21.6 Å². The van der Waals surface area contributed by atoms with Gasteiger partial charge in [-0.1, -0.05) is 6.92 Å². The average Bonchev–Trinajstić information content (AvgIpc) is 2.32. The van der Waals surface area contributed by atoms with E-state index in [4.69, 9.17) is 5.73 Å². The van der Waals surface area contributed by atoms with Crippen LogP contribution in [-0.2, 0) is 6.18 Å². The highest BCUT2D eigenvalue weighted by Gasteiger charge is 2.32. The lowest BCUT2D eigenvalue weighted by Crippen LogP contribution is -2.46. The molecule has 1 aliphatic rings. The molecule has 2 atom stereocenters. The second-order valence-corrected chi connectivity index (χ2v) is 5.89. The van der Waals surface area contributed by atoms with Crippen molar-refractivity contribution < 1.29 is 13.2 Å². The van der Waals surface area contributed by atoms with Gasteiger partial charge in [0.25, 0.3) is 0 Å². The van der Waals surface area contributed by atoms with Crippen LogP contribution in [-0.4, -0.2) is 19.1 Å². The van der Waals surface area contributed by atoms with Crippen LogP contribution in [0.15, 0.2) is 22.7 Å². The molecular formula is C13H16BrF3N2. The van der Waals surface area contributed by atoms with Crippen LogP contribution in [0.3, 0.4) is 0 Å². The third kappa shape index (κ3) is 3.23. The van der Waals surface area contributed by atoms with Crippen LogP contribution in [0.5, 0.6) is 0 Å². The summed E-state index contributed by atoms with van der Waals surface area (Å²) in [5.41, 5.74) is 5.91. The number of benzene rings is 1. The van der Waals surface area contributed by atoms with Crippen molar-refractivity contribution in [2.24, 2.45) is 11.7 Å². The molecule has 1 heterocycles. The molecule has 1 aliphatic heterocycles. The molecule has 106 valence electrons. The van der Waals surface area contributed by atoms with E-state index in [1.165, 1.54) is 12.1 Å². The van der Waals surface area contributed by atoms with Crippen LogP contribution < -0.4 is 10.6 Å². The molecule has 0 saturated carbocycles. The topological polar surface area (TPSA) is 29.3 Å². The highest BCUT2D eigenvalue weighted by atomic mass is 79.9. The van der Waals surface area contributed by atoms with Gasteiger partial charge in [0, 0.05) is 23.6 Å². The third-order valence-corrected chi connectivity index (χ3v) is 4.26. The Morgan fingerprint density at radius 3 is 2.63 bits per heavy atom. The Bertz CT molecular complexity index is 462. The fraction of sp³-hybridized carbons (Fsp3) is 0.538. The Balaban J connectivity index is 2.29. The summed E-state index contributed by atoms with van der Waals surface area (Å²) < 4.78 is 38.9. The maximum Gasteiger partial charge on any atom is 0.416 e. The number of alkyl halides is 3. The lowest BCUT2D eigenvalue weighted by Gasteiger charge is -2.37. The third-order valence-electron chi connectivity index (χ3n) is 3.59. The van der Waals surface area contributed by atoms with E-state index < -0.39 is 11.7 Å². The van der Waals surface area contributed by atoms with E-state index in [-0.39, 0.29) is 12.0 Å². The summed E-state index contributed by atoms with van der Waals surface area (Å²) in [6, 6.07) is 3.87. The summed E-state index contributed by atoms with van der Waals surface area (Å²) in [7, 11) is 0. The Morgan fingerprint density at radius 2 is 2.05 bits per heavy atom. The first-order valence-corrected chi connectivity index (χ1v) is 6.95. The van der Waals surface area contributed by atoms with Gasteiger partial charge in [0.05, 0.1) is 11.3 Å². The highest BCUT2D eigenvalue weighted by molar-refractivity contribution is 9.10. The summed E-state index contributed by atoms with van der Waals surface area (Å²) >= 11 is 3.33. The molecule has 1 aromatic rings. The Kier molecular flexibility index (Phi) is 4.11. The molecule has 2 unspecified atom stereocenters. The number of nitrogens with two attached hydrogens (primary N) is 1. The van der Waals surface area contributed by atoms with E-state index in [0.29, 0.717) is 23.2 Å². The summed E-state index contributed by atoms with van der Waals surface area (Å²) in [4.78, 5) is 1.97. The van der Waals surface area contributed by atoms with Crippen molar-refractivity contribution in [3.05, 3.63) is 28.2 Å². The Labute approximate surface area is 118 Å². The molecule has 0 spiro atoms. The summed E-state index contributed by atoms with van der Waals surface area (Å²) in [5.74, 6) is 0.273. The van der Waals surface area contributed by atoms with Gasteiger partial charge in [0.1, 0.15) is 0 Å². The van der Waals surface area contributed by atoms with Gasteiger partial charge in [0.15, 0.2) is 0 Å². The largest absolute Gasteiger partial charge is 0.416 e. The van der Waals surface area contributed by atoms with Crippen LogP contribution in [0, 0.1) is 5.92 Å². The number of hydrogen-bond acceptors (Lipinski definition) is 2. The number of rotatable bonds is 1. The minimum atomic E-state index is -4.31. The fourth-order valence-corrected chi connectivity index (χ4v) is 2.81. The van der Waals surface area contributed by atoms with Gasteiger partial charge in [-0.3, -0.25) is 0 Å². The number of nitrogens with zero attached hydrogens (tertiary/aromatic N) is 1. The number of anilines is 1. The molecule has 0 aromatic heterocycles. The molecular weight excluding hydrogens is 321 g/mol. The van der Waals surface area contributed by atoms with E-state index in [1.54, 1.807) is 0 Å². The number of hydrogen-bond donors (Lipinski definition) is 1. The van der Waals surface area contributed by atoms with Crippen LogP contribution in [0.1, 0.15) is 18.9 Å². The van der Waals surface area contributed by atoms with Crippen LogP contribution in [0.25, 0.3) is 0 Å². The molecule has 0 bridgehead atoms. The molecule has 0 aliphatic carbocycles. The molecule has 1 saturated heterocycles. The number of piperidine rings is 1. The minimum Gasteiger partial charge on any atom is -0.370 e. The maximum atomic E-state index is 12.8. The van der Waals surface area contributed by atoms with E-state index in [1.807, 2.05) is 11.8 Å². The van der Waals surface area contributed by atoms with Gasteiger partial charge in [-0.05, 0) is 46.5 Å². The lowest BCUT2D eigenvalue weighted by atomic mass is 9.94. The SMILES string of the molecule is CC1CN(c2cc(C(F)(F)F)ccc2Br)CCC1N. The lowest BCUT2D eigenvalue weighted by molar-refractivity contribution is -0.137. The molecule has 0 amide bonds. The summed E-state index contributed by atoms with van der Waals surface area (Å²) in [5, 5.41) is 0. The summed E-state index contributed by atoms with van der Waals surface area (Å²) in [6.45, 7) is 3.39. The van der Waals surface area contributed by atoms with Gasteiger partial charge in [-0.2, -0.15) is 13.2 Å². The molecule has 0 radical (unpaired) electrons. The van der Waals surface area contributed by atoms with E-state index in [9.17, 15) is 13.2 Å². The zero-order chi connectivity index (χ0) is 14.2. The Morgan fingerprint density at radius 1 is 1.37 bits per heavy atom. The fourth-order valence-electron chi connectivity index (χ4n) is 2.31. The predicted octanol–water partition coefficient (Wildman–Crippen LogP) is 3.64. The minimum absolute atomic E-state index is 0.126. The van der Waals surface area contributed by atoms with Crippen molar-refractivity contribution in [1.82, 2.24) is 0 Å². The quantitative estimate of drug-likeness (QED) is 0.848. The van der Waals surface area contributed by atoms with Crippen molar-refractivity contribution in [1.29, 1.82) is 0 Å². The average molecular weight is 337 g/mol. The molecule has 19 heavy (non-hydrogen) atoms. The van der Waals surface area contributed by atoms with Gasteiger partial charge in [0.2, 0.25) is 0 Å². The van der Waals surface area contributed by atoms with Crippen LogP contribution in [0.2, 0.25) is 0 Å². The molecule has 1 fully saturated rings. The van der Waals surface area contributed by atoms with Gasteiger partial charge >= 0.3 is 6.18 Å². The molecule has 1 aromatic carbocycles. The first-order chi connectivity index (χ1) is 8.79. The van der Waals surface area contributed by atoms with Gasteiger partial charge < -0.3 is 10.6 Å². The highest BCUT2D eigenvalue weighted by Crippen LogP contribution is 2.36. The normalized spacial score (nSPS) is 24.6. The standard InChI is InChI=1S/C13H16BrF3N2/c1-8-7-19(5-4-11(8)18)12-6-9(13(15,16)17)2-3-10(12)14/h2-3,6,8,11H,4-5,7,18H2,1H3. The molecule has 2 N–H and O–H groups in total. The molecule has 2 rings (SSSR count). The van der Waals surface area contributed by atoms with Gasteiger partial charge in [-0.25, -0.2) is 0 Å². The van der Waals surface area contributed by atoms with Crippen LogP contribution >= 0.6 is 15.9 Å². The van der Waals surface area contributed by atoms with Crippen molar-refractivity contribution in [3.63, 3.8) is 0 Å². The van der Waals surface area contributed by atoms with Crippen molar-refractivity contribution in [2.45, 2.75) is 25.6 Å². The van der Waals surface area contributed by atoms with E-state index in [2.05, 4.69) is 15.9 Å². The predicted molar refractivity (Wildman–Crippen MR) is 73.1 cm³/mol. The first kappa shape index (κ1) is 14.7. The molecule has 2 nitrogen and oxygen atoms in total. The van der Waals surface area contributed by atoms with Crippen LogP contribution in [0.4, 0.5) is 18.9 Å². The second-order valence-electron chi connectivity index (χ2n) is 5.04. The Hall–Kier alpha value is -0.750. The zero-order valence-corrected chi connectivity index (χ0v) is 12.1. The van der Waals surface area contributed by atoms with Crippen molar-refractivity contribution in [2.75, 3.05) is 18.0 Å². The van der Waals surface area contributed by atoms with Crippen molar-refractivity contribution in [3.8, 4) is 0 Å². The first-order valence-electron chi connectivity index (χ1n) is 6.16. The van der Waals surface area contributed by atoms with E-state index >= 15 is 0 Å². The maximum absolute atomic E-state index is 12.8. The van der Waals surface area contributed by atoms with E-state index in [0.717, 1.165) is 12.5 Å². The number of halogens is 4. The van der Waals surface area contributed by atoms with Gasteiger partial charge in [-0.15, -0.1) is 0 Å². The summed E-state index contributed by atoms with van der Waals surface area (Å²) in [6.07, 6.45) is -3.52.